The number of hydrogen-bond acceptors (Lipinski definition) is 18. The standard InChI is InChI=1S/C38H38O18/c1-17(39)50-15-27-30(44)32(46)34(48)37(55-27)53-25-13-22(42)12-24-23(25)14-26(36(52-24)19-5-9-21(41)10-6-19)54-38-35(49)33(47)31(45)28(56-38)16-51-29(43)11-4-18-2-7-20(40)8-3-18/h2-14,27-28,30-35,37-38,40-41,44-49H,15-16H2,1H3. The van der Waals surface area contributed by atoms with E-state index in [-0.39, 0.29) is 45.6 Å². The number of hydrogen-bond donors (Lipinski definition) is 8. The van der Waals surface area contributed by atoms with Crippen LogP contribution in [0.5, 0.6) is 23.0 Å². The Labute approximate surface area is 316 Å². The summed E-state index contributed by atoms with van der Waals surface area (Å²) in [5, 5.41) is 83.4. The zero-order chi connectivity index (χ0) is 40.3. The van der Waals surface area contributed by atoms with Gasteiger partial charge in [-0.25, -0.2) is 4.79 Å². The molecule has 3 aliphatic heterocycles. The summed E-state index contributed by atoms with van der Waals surface area (Å²) in [6.07, 6.45) is -14.6. The van der Waals surface area contributed by atoms with E-state index < -0.39 is 92.0 Å². The monoisotopic (exact) mass is 782 g/mol. The Kier molecular flexibility index (Phi) is 12.2. The SMILES string of the molecule is CC(=O)OCC1OC(Oc2cc(=O)cc3oc(-c4ccc(O)cc4)c(OC4OC(COC(=O)C=Cc5ccc(O)cc5)C(O)C(O)C4O)cc2-3)C(O)C(O)C1O. The molecule has 18 nitrogen and oxygen atoms in total. The van der Waals surface area contributed by atoms with Crippen LogP contribution in [0.2, 0.25) is 0 Å². The van der Waals surface area contributed by atoms with Crippen molar-refractivity contribution in [2.75, 3.05) is 13.2 Å². The number of benzene rings is 3. The molecule has 0 amide bonds. The molecule has 4 aliphatic rings. The number of aliphatic hydroxyl groups excluding tert-OH is 6. The summed E-state index contributed by atoms with van der Waals surface area (Å²) < 4.78 is 39.5. The quantitative estimate of drug-likeness (QED) is 0.0735. The minimum absolute atomic E-state index is 0.00635. The van der Waals surface area contributed by atoms with Crippen LogP contribution in [-0.4, -0.2) is 127 Å². The minimum Gasteiger partial charge on any atom is -0.508 e. The maximum Gasteiger partial charge on any atom is 0.330 e. The Bertz CT molecular complexity index is 2050. The largest absolute Gasteiger partial charge is 0.508 e. The number of carbonyl (C=O) groups is 2. The highest BCUT2D eigenvalue weighted by Gasteiger charge is 2.47. The number of phenols is 2. The van der Waals surface area contributed by atoms with Crippen molar-refractivity contribution in [1.29, 1.82) is 0 Å². The summed E-state index contributed by atoms with van der Waals surface area (Å²) in [4.78, 5) is 36.7. The fraction of sp³-hybridized carbons (Fsp3) is 0.342. The van der Waals surface area contributed by atoms with Crippen molar-refractivity contribution in [3.63, 3.8) is 0 Å². The number of aromatic hydroxyl groups is 2. The third kappa shape index (κ3) is 9.10. The van der Waals surface area contributed by atoms with Crippen LogP contribution in [0.3, 0.4) is 0 Å². The Balaban J connectivity index is 1.29. The maximum atomic E-state index is 12.9. The van der Waals surface area contributed by atoms with Gasteiger partial charge in [0.1, 0.15) is 85.1 Å². The van der Waals surface area contributed by atoms with Crippen LogP contribution in [0, 0.1) is 0 Å². The number of aliphatic hydroxyl groups is 6. The summed E-state index contributed by atoms with van der Waals surface area (Å²) in [7, 11) is 0. The summed E-state index contributed by atoms with van der Waals surface area (Å²) in [6, 6.07) is 14.9. The molecule has 8 N–H and O–H groups in total. The van der Waals surface area contributed by atoms with Gasteiger partial charge in [-0.05, 0) is 54.1 Å². The van der Waals surface area contributed by atoms with E-state index in [2.05, 4.69) is 0 Å². The van der Waals surface area contributed by atoms with Gasteiger partial charge in [-0.3, -0.25) is 9.59 Å². The summed E-state index contributed by atoms with van der Waals surface area (Å²) in [6.45, 7) is 0.0155. The first-order chi connectivity index (χ1) is 26.7. The highest BCUT2D eigenvalue weighted by molar-refractivity contribution is 5.87. The van der Waals surface area contributed by atoms with Gasteiger partial charge >= 0.3 is 11.9 Å². The molecule has 1 aliphatic carbocycles. The topological polar surface area (TPSA) is 282 Å². The summed E-state index contributed by atoms with van der Waals surface area (Å²) in [5.74, 6) is -2.28. The number of carbonyl (C=O) groups excluding carboxylic acids is 2. The molecule has 0 spiro atoms. The van der Waals surface area contributed by atoms with E-state index in [1.807, 2.05) is 0 Å². The predicted molar refractivity (Wildman–Crippen MR) is 188 cm³/mol. The Morgan fingerprint density at radius 1 is 0.679 bits per heavy atom. The third-order valence-electron chi connectivity index (χ3n) is 8.89. The second kappa shape index (κ2) is 17.1. The van der Waals surface area contributed by atoms with Crippen LogP contribution in [0.15, 0.2) is 82.0 Å². The Morgan fingerprint density at radius 2 is 1.21 bits per heavy atom. The van der Waals surface area contributed by atoms with Crippen molar-refractivity contribution in [2.45, 2.75) is 68.3 Å². The molecule has 2 saturated heterocycles. The summed E-state index contributed by atoms with van der Waals surface area (Å²) >= 11 is 0. The molecule has 6 rings (SSSR count). The zero-order valence-corrected chi connectivity index (χ0v) is 29.4. The van der Waals surface area contributed by atoms with E-state index in [0.717, 1.165) is 25.1 Å². The van der Waals surface area contributed by atoms with Crippen LogP contribution >= 0.6 is 0 Å². The first-order valence-electron chi connectivity index (χ1n) is 17.1. The second-order valence-corrected chi connectivity index (χ2v) is 12.9. The van der Waals surface area contributed by atoms with Crippen molar-refractivity contribution < 1.29 is 83.3 Å². The van der Waals surface area contributed by atoms with Crippen LogP contribution in [0.1, 0.15) is 12.5 Å². The second-order valence-electron chi connectivity index (χ2n) is 12.9. The van der Waals surface area contributed by atoms with Gasteiger partial charge in [0.2, 0.25) is 12.6 Å². The molecule has 0 saturated carbocycles. The van der Waals surface area contributed by atoms with Gasteiger partial charge in [0.05, 0.1) is 5.56 Å². The average Bonchev–Trinajstić information content (AvgIpc) is 3.17. The van der Waals surface area contributed by atoms with Crippen LogP contribution in [0.25, 0.3) is 28.7 Å². The molecule has 2 aromatic carbocycles. The maximum absolute atomic E-state index is 12.9. The molecule has 2 aromatic rings. The fourth-order valence-electron chi connectivity index (χ4n) is 5.87. The van der Waals surface area contributed by atoms with E-state index in [4.69, 9.17) is 32.8 Å². The lowest BCUT2D eigenvalue weighted by atomic mass is 9.99. The number of esters is 2. The lowest BCUT2D eigenvalue weighted by Gasteiger charge is -2.40. The van der Waals surface area contributed by atoms with E-state index >= 15 is 0 Å². The zero-order valence-electron chi connectivity index (χ0n) is 29.4. The number of ether oxygens (including phenoxy) is 6. The first kappa shape index (κ1) is 40.1. The minimum atomic E-state index is -1.89. The van der Waals surface area contributed by atoms with E-state index in [1.165, 1.54) is 48.5 Å². The van der Waals surface area contributed by atoms with Gasteiger partial charge in [0, 0.05) is 30.7 Å². The van der Waals surface area contributed by atoms with Crippen molar-refractivity contribution in [3.8, 4) is 45.6 Å². The smallest absolute Gasteiger partial charge is 0.330 e. The number of rotatable bonds is 11. The summed E-state index contributed by atoms with van der Waals surface area (Å²) in [5.41, 5.74) is 0.231. The molecule has 3 heterocycles. The molecule has 0 aromatic heterocycles. The molecular formula is C38H38O18. The van der Waals surface area contributed by atoms with Crippen molar-refractivity contribution >= 4 is 18.0 Å². The van der Waals surface area contributed by atoms with Gasteiger partial charge in [-0.2, -0.15) is 0 Å². The van der Waals surface area contributed by atoms with Crippen LogP contribution in [-0.2, 0) is 28.5 Å². The molecule has 10 unspecified atom stereocenters. The Hall–Kier alpha value is -5.57. The number of fused-ring (bicyclic) bond motifs is 1. The van der Waals surface area contributed by atoms with E-state index in [9.17, 15) is 55.2 Å². The average molecular weight is 783 g/mol. The fourth-order valence-corrected chi connectivity index (χ4v) is 5.87. The van der Waals surface area contributed by atoms with Crippen molar-refractivity contribution in [3.05, 3.63) is 88.6 Å². The van der Waals surface area contributed by atoms with Gasteiger partial charge in [-0.1, -0.05) is 12.1 Å². The first-order valence-corrected chi connectivity index (χ1v) is 17.1. The highest BCUT2D eigenvalue weighted by atomic mass is 16.7. The molecule has 0 bridgehead atoms. The van der Waals surface area contributed by atoms with Gasteiger partial charge in [0.15, 0.2) is 16.9 Å². The third-order valence-corrected chi connectivity index (χ3v) is 8.89. The van der Waals surface area contributed by atoms with Crippen molar-refractivity contribution in [1.82, 2.24) is 0 Å². The van der Waals surface area contributed by atoms with E-state index in [1.54, 1.807) is 12.1 Å². The number of phenolic OH excluding ortho intramolecular Hbond substituents is 2. The molecule has 2 fully saturated rings. The van der Waals surface area contributed by atoms with Crippen molar-refractivity contribution in [2.24, 2.45) is 0 Å². The van der Waals surface area contributed by atoms with Gasteiger partial charge in [0.25, 0.3) is 0 Å². The van der Waals surface area contributed by atoms with Gasteiger partial charge < -0.3 is 73.7 Å². The molecule has 298 valence electrons. The van der Waals surface area contributed by atoms with E-state index in [0.29, 0.717) is 5.56 Å². The molecule has 10 atom stereocenters. The lowest BCUT2D eigenvalue weighted by molar-refractivity contribution is -0.278. The van der Waals surface area contributed by atoms with Crippen LogP contribution < -0.4 is 14.9 Å². The van der Waals surface area contributed by atoms with Gasteiger partial charge in [-0.15, -0.1) is 0 Å². The normalized spacial score (nSPS) is 27.8. The molecule has 56 heavy (non-hydrogen) atoms. The predicted octanol–water partition coefficient (Wildman–Crippen LogP) is 0.0153. The highest BCUT2D eigenvalue weighted by Crippen LogP contribution is 2.43. The lowest BCUT2D eigenvalue weighted by Crippen LogP contribution is -2.60. The Morgan fingerprint density at radius 3 is 1.79 bits per heavy atom. The molecule has 0 radical (unpaired) electrons. The molecule has 18 heteroatoms. The van der Waals surface area contributed by atoms with Crippen LogP contribution in [0.4, 0.5) is 0 Å². The molecular weight excluding hydrogens is 744 g/mol.